The fourth-order valence-electron chi connectivity index (χ4n) is 1.55. The number of aliphatic carboxylic acids is 1. The van der Waals surface area contributed by atoms with Crippen molar-refractivity contribution >= 4 is 35.1 Å². The molecule has 1 amide bonds. The topological polar surface area (TPSA) is 83.5 Å². The normalized spacial score (nSPS) is 11.7. The molecule has 0 saturated heterocycles. The van der Waals surface area contributed by atoms with E-state index in [0.717, 1.165) is 11.8 Å². The number of Topliss-reactive ketones (excluding diaryl/α,β-unsaturated/α-hetero) is 1. The number of thioether (sulfide) groups is 1. The molecule has 5 nitrogen and oxygen atoms in total. The highest BCUT2D eigenvalue weighted by atomic mass is 32.2. The molecule has 0 bridgehead atoms. The Bertz CT molecular complexity index is 516. The second-order valence-corrected chi connectivity index (χ2v) is 5.42. The van der Waals surface area contributed by atoms with Crippen LogP contribution in [-0.2, 0) is 9.59 Å². The Balaban J connectivity index is 2.56. The summed E-state index contributed by atoms with van der Waals surface area (Å²) in [5, 5.41) is 11.0. The van der Waals surface area contributed by atoms with Crippen molar-refractivity contribution in [3.05, 3.63) is 29.8 Å². The SMILES string of the molecule is CCC(SCC(=O)Nc1cccc(C(C)=O)c1)C(=O)O. The van der Waals surface area contributed by atoms with Gasteiger partial charge >= 0.3 is 5.97 Å². The van der Waals surface area contributed by atoms with E-state index >= 15 is 0 Å². The van der Waals surface area contributed by atoms with E-state index in [1.165, 1.54) is 6.92 Å². The maximum absolute atomic E-state index is 11.7. The van der Waals surface area contributed by atoms with Gasteiger partial charge in [0.2, 0.25) is 5.91 Å². The third-order valence-electron chi connectivity index (χ3n) is 2.61. The number of hydrogen-bond donors (Lipinski definition) is 2. The Kier molecular flexibility index (Phi) is 6.24. The maximum atomic E-state index is 11.7. The minimum Gasteiger partial charge on any atom is -0.480 e. The zero-order valence-corrected chi connectivity index (χ0v) is 12.2. The van der Waals surface area contributed by atoms with Gasteiger partial charge in [-0.25, -0.2) is 0 Å². The van der Waals surface area contributed by atoms with Crippen LogP contribution in [0.2, 0.25) is 0 Å². The van der Waals surface area contributed by atoms with Gasteiger partial charge in [-0.2, -0.15) is 0 Å². The number of rotatable bonds is 7. The largest absolute Gasteiger partial charge is 0.480 e. The molecular weight excluding hydrogens is 278 g/mol. The predicted octanol–water partition coefficient (Wildman–Crippen LogP) is 2.42. The van der Waals surface area contributed by atoms with Crippen LogP contribution in [0, 0.1) is 0 Å². The number of benzene rings is 1. The molecule has 2 N–H and O–H groups in total. The molecule has 6 heteroatoms. The summed E-state index contributed by atoms with van der Waals surface area (Å²) in [6.07, 6.45) is 0.465. The zero-order chi connectivity index (χ0) is 15.1. The Labute approximate surface area is 121 Å². The molecule has 0 aliphatic rings. The minimum absolute atomic E-state index is 0.0646. The number of nitrogens with one attached hydrogen (secondary N) is 1. The summed E-state index contributed by atoms with van der Waals surface area (Å²) in [6.45, 7) is 3.22. The van der Waals surface area contributed by atoms with Crippen LogP contribution < -0.4 is 5.32 Å². The van der Waals surface area contributed by atoms with E-state index in [2.05, 4.69) is 5.32 Å². The van der Waals surface area contributed by atoms with Crippen LogP contribution in [0.4, 0.5) is 5.69 Å². The molecule has 0 aliphatic heterocycles. The number of carboxylic acids is 1. The van der Waals surface area contributed by atoms with Crippen LogP contribution in [0.5, 0.6) is 0 Å². The molecule has 0 aliphatic carbocycles. The van der Waals surface area contributed by atoms with Crippen LogP contribution in [0.25, 0.3) is 0 Å². The minimum atomic E-state index is -0.913. The van der Waals surface area contributed by atoms with Gasteiger partial charge in [-0.1, -0.05) is 19.1 Å². The predicted molar refractivity (Wildman–Crippen MR) is 79.2 cm³/mol. The molecule has 0 saturated carbocycles. The highest BCUT2D eigenvalue weighted by molar-refractivity contribution is 8.01. The first-order chi connectivity index (χ1) is 9.43. The summed E-state index contributed by atoms with van der Waals surface area (Å²) in [6, 6.07) is 6.64. The molecule has 0 heterocycles. The molecule has 1 aromatic rings. The number of carboxylic acid groups (broad SMARTS) is 1. The van der Waals surface area contributed by atoms with Crippen molar-refractivity contribution in [3.63, 3.8) is 0 Å². The van der Waals surface area contributed by atoms with Gasteiger partial charge < -0.3 is 10.4 Å². The molecular formula is C14H17NO4S. The lowest BCUT2D eigenvalue weighted by atomic mass is 10.1. The third-order valence-corrected chi connectivity index (χ3v) is 3.98. The van der Waals surface area contributed by atoms with Gasteiger partial charge in [0.1, 0.15) is 5.25 Å². The number of amides is 1. The Morgan fingerprint density at radius 2 is 2.05 bits per heavy atom. The van der Waals surface area contributed by atoms with Gasteiger partial charge in [0.15, 0.2) is 5.78 Å². The monoisotopic (exact) mass is 295 g/mol. The summed E-state index contributed by atoms with van der Waals surface area (Å²) in [5.41, 5.74) is 1.05. The van der Waals surface area contributed by atoms with E-state index in [4.69, 9.17) is 5.11 Å². The smallest absolute Gasteiger partial charge is 0.316 e. The van der Waals surface area contributed by atoms with Crippen LogP contribution in [-0.4, -0.2) is 33.8 Å². The maximum Gasteiger partial charge on any atom is 0.316 e. The van der Waals surface area contributed by atoms with Gasteiger partial charge in [-0.15, -0.1) is 11.8 Å². The standard InChI is InChI=1S/C14H17NO4S/c1-3-12(14(18)19)20-8-13(17)15-11-6-4-5-10(7-11)9(2)16/h4-7,12H,3,8H2,1-2H3,(H,15,17)(H,18,19). The molecule has 108 valence electrons. The highest BCUT2D eigenvalue weighted by Crippen LogP contribution is 2.16. The lowest BCUT2D eigenvalue weighted by Crippen LogP contribution is -2.21. The molecule has 1 unspecified atom stereocenters. The van der Waals surface area contributed by atoms with Crippen molar-refractivity contribution in [3.8, 4) is 0 Å². The van der Waals surface area contributed by atoms with Crippen molar-refractivity contribution < 1.29 is 19.5 Å². The summed E-state index contributed by atoms with van der Waals surface area (Å²) in [7, 11) is 0. The molecule has 0 fully saturated rings. The van der Waals surface area contributed by atoms with Crippen LogP contribution in [0.1, 0.15) is 30.6 Å². The summed E-state index contributed by atoms with van der Waals surface area (Å²) < 4.78 is 0. The molecule has 0 aromatic heterocycles. The van der Waals surface area contributed by atoms with Crippen molar-refractivity contribution in [1.82, 2.24) is 0 Å². The van der Waals surface area contributed by atoms with E-state index in [0.29, 0.717) is 17.7 Å². The van der Waals surface area contributed by atoms with E-state index in [-0.39, 0.29) is 17.4 Å². The van der Waals surface area contributed by atoms with E-state index in [1.54, 1.807) is 31.2 Å². The van der Waals surface area contributed by atoms with Gasteiger partial charge in [-0.05, 0) is 25.5 Å². The Morgan fingerprint density at radius 1 is 1.35 bits per heavy atom. The van der Waals surface area contributed by atoms with Crippen molar-refractivity contribution in [1.29, 1.82) is 0 Å². The fourth-order valence-corrected chi connectivity index (χ4v) is 2.36. The van der Waals surface area contributed by atoms with Crippen LogP contribution in [0.15, 0.2) is 24.3 Å². The second-order valence-electron chi connectivity index (χ2n) is 4.23. The van der Waals surface area contributed by atoms with Crippen LogP contribution in [0.3, 0.4) is 0 Å². The second kappa shape index (κ2) is 7.69. The third kappa shape index (κ3) is 5.05. The lowest BCUT2D eigenvalue weighted by Gasteiger charge is -2.10. The van der Waals surface area contributed by atoms with E-state index in [9.17, 15) is 14.4 Å². The van der Waals surface area contributed by atoms with Gasteiger partial charge in [0, 0.05) is 11.3 Å². The molecule has 0 radical (unpaired) electrons. The number of anilines is 1. The summed E-state index contributed by atoms with van der Waals surface area (Å²) >= 11 is 1.09. The fraction of sp³-hybridized carbons (Fsp3) is 0.357. The number of hydrogen-bond acceptors (Lipinski definition) is 4. The zero-order valence-electron chi connectivity index (χ0n) is 11.4. The van der Waals surface area contributed by atoms with E-state index in [1.807, 2.05) is 0 Å². The van der Waals surface area contributed by atoms with E-state index < -0.39 is 11.2 Å². The van der Waals surface area contributed by atoms with Gasteiger partial charge in [0.25, 0.3) is 0 Å². The molecule has 20 heavy (non-hydrogen) atoms. The number of ketones is 1. The summed E-state index contributed by atoms with van der Waals surface area (Å²) in [4.78, 5) is 33.8. The van der Waals surface area contributed by atoms with Crippen molar-refractivity contribution in [2.75, 3.05) is 11.1 Å². The average molecular weight is 295 g/mol. The molecule has 1 aromatic carbocycles. The molecule has 1 atom stereocenters. The number of carbonyl (C=O) groups excluding carboxylic acids is 2. The highest BCUT2D eigenvalue weighted by Gasteiger charge is 2.17. The molecule has 0 spiro atoms. The van der Waals surface area contributed by atoms with Gasteiger partial charge in [-0.3, -0.25) is 14.4 Å². The summed E-state index contributed by atoms with van der Waals surface area (Å²) in [5.74, 6) is -1.21. The first-order valence-corrected chi connectivity index (χ1v) is 7.24. The first-order valence-electron chi connectivity index (χ1n) is 6.19. The first kappa shape index (κ1) is 16.2. The lowest BCUT2D eigenvalue weighted by molar-refractivity contribution is -0.136. The average Bonchev–Trinajstić information content (AvgIpc) is 2.39. The Morgan fingerprint density at radius 3 is 2.60 bits per heavy atom. The van der Waals surface area contributed by atoms with Crippen LogP contribution >= 0.6 is 11.8 Å². The number of carbonyl (C=O) groups is 3. The van der Waals surface area contributed by atoms with Gasteiger partial charge in [0.05, 0.1) is 5.75 Å². The van der Waals surface area contributed by atoms with Crippen molar-refractivity contribution in [2.45, 2.75) is 25.5 Å². The van der Waals surface area contributed by atoms with Crippen molar-refractivity contribution in [2.24, 2.45) is 0 Å². The quantitative estimate of drug-likeness (QED) is 0.755. The molecule has 1 rings (SSSR count). The Hall–Kier alpha value is -1.82.